The van der Waals surface area contributed by atoms with Crippen LogP contribution in [0.15, 0.2) is 24.5 Å². The number of carbonyl (C=O) groups excluding carboxylic acids is 1. The van der Waals surface area contributed by atoms with Crippen molar-refractivity contribution in [1.29, 1.82) is 0 Å². The summed E-state index contributed by atoms with van der Waals surface area (Å²) >= 11 is 0. The first kappa shape index (κ1) is 15.5. The Bertz CT molecular complexity index is 476. The van der Waals surface area contributed by atoms with E-state index in [2.05, 4.69) is 10.3 Å². The van der Waals surface area contributed by atoms with Crippen LogP contribution in [0.4, 0.5) is 0 Å². The molecule has 0 saturated heterocycles. The number of hydrogen-bond donors (Lipinski definition) is 2. The quantitative estimate of drug-likeness (QED) is 0.814. The Hall–Kier alpha value is -1.91. The van der Waals surface area contributed by atoms with Crippen molar-refractivity contribution in [2.45, 2.75) is 51.0 Å². The Morgan fingerprint density at radius 3 is 2.62 bits per heavy atom. The largest absolute Gasteiger partial charge is 0.481 e. The Labute approximate surface area is 124 Å². The molecule has 2 rings (SSSR count). The number of pyridine rings is 1. The van der Waals surface area contributed by atoms with Crippen molar-refractivity contribution in [2.24, 2.45) is 5.92 Å². The molecule has 0 radical (unpaired) electrons. The topological polar surface area (TPSA) is 79.3 Å². The van der Waals surface area contributed by atoms with Crippen molar-refractivity contribution in [1.82, 2.24) is 10.3 Å². The van der Waals surface area contributed by atoms with E-state index >= 15 is 0 Å². The number of nitrogens with zero attached hydrogens (tertiary/aromatic N) is 1. The van der Waals surface area contributed by atoms with Gasteiger partial charge in [0.15, 0.2) is 0 Å². The van der Waals surface area contributed by atoms with Crippen LogP contribution < -0.4 is 5.32 Å². The highest BCUT2D eigenvalue weighted by atomic mass is 16.4. The number of nitrogens with one attached hydrogen (secondary N) is 1. The summed E-state index contributed by atoms with van der Waals surface area (Å²) in [7, 11) is 0. The van der Waals surface area contributed by atoms with Gasteiger partial charge in [-0.2, -0.15) is 0 Å². The predicted octanol–water partition coefficient (Wildman–Crippen LogP) is 2.16. The summed E-state index contributed by atoms with van der Waals surface area (Å²) in [5, 5.41) is 12.2. The van der Waals surface area contributed by atoms with Gasteiger partial charge in [-0.15, -0.1) is 0 Å². The minimum absolute atomic E-state index is 0.0648. The molecule has 0 aromatic carbocycles. The maximum Gasteiger partial charge on any atom is 0.308 e. The molecule has 1 aromatic heterocycles. The highest BCUT2D eigenvalue weighted by Gasteiger charge is 2.30. The van der Waals surface area contributed by atoms with Crippen LogP contribution in [0.25, 0.3) is 0 Å². The van der Waals surface area contributed by atoms with E-state index in [4.69, 9.17) is 0 Å². The molecule has 0 bridgehead atoms. The first-order chi connectivity index (χ1) is 10.2. The highest BCUT2D eigenvalue weighted by Crippen LogP contribution is 2.24. The number of aliphatic carboxylic acids is 1. The van der Waals surface area contributed by atoms with Crippen molar-refractivity contribution in [3.05, 3.63) is 30.1 Å². The molecule has 1 aromatic rings. The van der Waals surface area contributed by atoms with Crippen LogP contribution in [0.1, 0.15) is 44.1 Å². The lowest BCUT2D eigenvalue weighted by Crippen LogP contribution is -2.42. The van der Waals surface area contributed by atoms with Crippen LogP contribution in [-0.4, -0.2) is 28.0 Å². The van der Waals surface area contributed by atoms with Gasteiger partial charge in [0, 0.05) is 24.9 Å². The smallest absolute Gasteiger partial charge is 0.308 e. The maximum absolute atomic E-state index is 12.0. The lowest BCUT2D eigenvalue weighted by atomic mass is 9.94. The number of aryl methyl sites for hydroxylation is 1. The highest BCUT2D eigenvalue weighted by molar-refractivity contribution is 5.78. The molecule has 114 valence electrons. The predicted molar refractivity (Wildman–Crippen MR) is 78.7 cm³/mol. The van der Waals surface area contributed by atoms with Crippen molar-refractivity contribution >= 4 is 11.9 Å². The molecule has 1 heterocycles. The molecule has 5 nitrogen and oxygen atoms in total. The molecule has 0 spiro atoms. The van der Waals surface area contributed by atoms with Crippen LogP contribution in [0, 0.1) is 5.92 Å². The van der Waals surface area contributed by atoms with Crippen molar-refractivity contribution in [3.8, 4) is 0 Å². The minimum atomic E-state index is -0.795. The first-order valence-electron chi connectivity index (χ1n) is 7.58. The Balaban J connectivity index is 1.86. The Kier molecular flexibility index (Phi) is 5.72. The van der Waals surface area contributed by atoms with Gasteiger partial charge in [0.05, 0.1) is 5.92 Å². The van der Waals surface area contributed by atoms with E-state index in [-0.39, 0.29) is 11.9 Å². The molecule has 2 atom stereocenters. The van der Waals surface area contributed by atoms with Crippen LogP contribution in [0.3, 0.4) is 0 Å². The number of hydrogen-bond acceptors (Lipinski definition) is 3. The monoisotopic (exact) mass is 290 g/mol. The molecule has 1 aliphatic rings. The lowest BCUT2D eigenvalue weighted by Gasteiger charge is -2.22. The van der Waals surface area contributed by atoms with Crippen LogP contribution in [-0.2, 0) is 16.0 Å². The van der Waals surface area contributed by atoms with Crippen LogP contribution in [0.5, 0.6) is 0 Å². The summed E-state index contributed by atoms with van der Waals surface area (Å²) in [6, 6.07) is 3.55. The second kappa shape index (κ2) is 7.76. The summed E-state index contributed by atoms with van der Waals surface area (Å²) in [4.78, 5) is 27.3. The molecule has 21 heavy (non-hydrogen) atoms. The van der Waals surface area contributed by atoms with Gasteiger partial charge >= 0.3 is 5.97 Å². The fraction of sp³-hybridized carbons (Fsp3) is 0.562. The lowest BCUT2D eigenvalue weighted by molar-refractivity contribution is -0.143. The Morgan fingerprint density at radius 1 is 1.19 bits per heavy atom. The summed E-state index contributed by atoms with van der Waals surface area (Å²) < 4.78 is 0. The number of carboxylic acids is 1. The third kappa shape index (κ3) is 4.85. The molecule has 1 fully saturated rings. The van der Waals surface area contributed by atoms with E-state index < -0.39 is 11.9 Å². The van der Waals surface area contributed by atoms with Crippen molar-refractivity contribution in [2.75, 3.05) is 0 Å². The van der Waals surface area contributed by atoms with Gasteiger partial charge in [0.25, 0.3) is 0 Å². The van der Waals surface area contributed by atoms with E-state index in [1.807, 2.05) is 12.1 Å². The van der Waals surface area contributed by atoms with Crippen LogP contribution in [0.2, 0.25) is 0 Å². The zero-order chi connectivity index (χ0) is 15.1. The Morgan fingerprint density at radius 2 is 1.90 bits per heavy atom. The average Bonchev–Trinajstić information content (AvgIpc) is 2.72. The molecule has 1 saturated carbocycles. The first-order valence-corrected chi connectivity index (χ1v) is 7.58. The van der Waals surface area contributed by atoms with Gasteiger partial charge in [-0.1, -0.05) is 19.3 Å². The fourth-order valence-corrected chi connectivity index (χ4v) is 2.86. The molecule has 1 amide bonds. The van der Waals surface area contributed by atoms with Gasteiger partial charge in [-0.3, -0.25) is 14.6 Å². The molecule has 0 aliphatic heterocycles. The molecule has 1 aliphatic carbocycles. The molecular formula is C16H22N2O3. The number of carboxylic acid groups (broad SMARTS) is 1. The molecule has 2 N–H and O–H groups in total. The van der Waals surface area contributed by atoms with Crippen molar-refractivity contribution in [3.63, 3.8) is 0 Å². The standard InChI is InChI=1S/C16H22N2O3/c19-15(7-6-12-8-10-17-11-9-12)18-14-5-3-1-2-4-13(14)16(20)21/h8-11,13-14H,1-7H2,(H,18,19)(H,20,21). The average molecular weight is 290 g/mol. The number of carbonyl (C=O) groups is 2. The second-order valence-corrected chi connectivity index (χ2v) is 5.61. The van der Waals surface area contributed by atoms with E-state index in [0.717, 1.165) is 31.2 Å². The van der Waals surface area contributed by atoms with Gasteiger partial charge in [-0.25, -0.2) is 0 Å². The third-order valence-corrected chi connectivity index (χ3v) is 4.07. The minimum Gasteiger partial charge on any atom is -0.481 e. The summed E-state index contributed by atoms with van der Waals surface area (Å²) in [5.74, 6) is -1.31. The number of aromatic nitrogens is 1. The van der Waals surface area contributed by atoms with E-state index in [1.54, 1.807) is 12.4 Å². The summed E-state index contributed by atoms with van der Waals surface area (Å²) in [5.41, 5.74) is 1.07. The van der Waals surface area contributed by atoms with Crippen molar-refractivity contribution < 1.29 is 14.7 Å². The van der Waals surface area contributed by atoms with E-state index in [1.165, 1.54) is 0 Å². The van der Waals surface area contributed by atoms with E-state index in [0.29, 0.717) is 19.3 Å². The zero-order valence-corrected chi connectivity index (χ0v) is 12.1. The fourth-order valence-electron chi connectivity index (χ4n) is 2.86. The maximum atomic E-state index is 12.0. The number of amides is 1. The summed E-state index contributed by atoms with van der Waals surface area (Å²) in [6.45, 7) is 0. The van der Waals surface area contributed by atoms with Gasteiger partial charge < -0.3 is 10.4 Å². The molecular weight excluding hydrogens is 268 g/mol. The van der Waals surface area contributed by atoms with Gasteiger partial charge in [0.2, 0.25) is 5.91 Å². The van der Waals surface area contributed by atoms with E-state index in [9.17, 15) is 14.7 Å². The molecule has 2 unspecified atom stereocenters. The third-order valence-electron chi connectivity index (χ3n) is 4.07. The SMILES string of the molecule is O=C(CCc1ccncc1)NC1CCCCCC1C(=O)O. The second-order valence-electron chi connectivity index (χ2n) is 5.61. The normalized spacial score (nSPS) is 22.3. The summed E-state index contributed by atoms with van der Waals surface area (Å²) in [6.07, 6.45) is 8.83. The van der Waals surface area contributed by atoms with Crippen LogP contribution >= 0.6 is 0 Å². The zero-order valence-electron chi connectivity index (χ0n) is 12.1. The van der Waals surface area contributed by atoms with Gasteiger partial charge in [-0.05, 0) is 37.0 Å². The van der Waals surface area contributed by atoms with Gasteiger partial charge in [0.1, 0.15) is 0 Å². The number of rotatable bonds is 5. The molecule has 5 heteroatoms.